The van der Waals surface area contributed by atoms with Crippen molar-refractivity contribution in [1.82, 2.24) is 20.1 Å². The molecule has 2 amide bonds. The average Bonchev–Trinajstić information content (AvgIpc) is 2.83. The third-order valence-corrected chi connectivity index (χ3v) is 6.17. The molecule has 1 N–H and O–H groups in total. The second-order valence-corrected chi connectivity index (χ2v) is 8.26. The molecule has 3 rings (SSSR count). The average molecular weight is 432 g/mol. The van der Waals surface area contributed by atoms with Crippen molar-refractivity contribution in [2.24, 2.45) is 5.92 Å². The van der Waals surface area contributed by atoms with Crippen LogP contribution in [0.3, 0.4) is 0 Å². The van der Waals surface area contributed by atoms with Crippen molar-refractivity contribution < 1.29 is 14.3 Å². The highest BCUT2D eigenvalue weighted by atomic mass is 16.5. The summed E-state index contributed by atoms with van der Waals surface area (Å²) < 4.78 is 5.30. The van der Waals surface area contributed by atoms with Gasteiger partial charge in [0.2, 0.25) is 11.8 Å². The fourth-order valence-electron chi connectivity index (χ4n) is 4.23. The van der Waals surface area contributed by atoms with Crippen molar-refractivity contribution in [2.45, 2.75) is 32.6 Å². The number of nitrogens with zero attached hydrogens (tertiary/aromatic N) is 4. The van der Waals surface area contributed by atoms with E-state index < -0.39 is 0 Å². The van der Waals surface area contributed by atoms with Crippen LogP contribution in [0.4, 0.5) is 5.82 Å². The minimum absolute atomic E-state index is 0.0960. The molecule has 0 saturated carbocycles. The summed E-state index contributed by atoms with van der Waals surface area (Å²) in [6.45, 7) is 9.78. The fourth-order valence-corrected chi connectivity index (χ4v) is 4.23. The van der Waals surface area contributed by atoms with Gasteiger partial charge in [0.05, 0.1) is 0 Å². The summed E-state index contributed by atoms with van der Waals surface area (Å²) >= 11 is 0. The quantitative estimate of drug-likeness (QED) is 0.564. The van der Waals surface area contributed by atoms with Crippen LogP contribution in [0.2, 0.25) is 0 Å². The number of hydrogen-bond donors (Lipinski definition) is 1. The second-order valence-electron chi connectivity index (χ2n) is 8.26. The van der Waals surface area contributed by atoms with E-state index in [9.17, 15) is 9.59 Å². The number of pyridine rings is 1. The van der Waals surface area contributed by atoms with E-state index in [1.165, 1.54) is 0 Å². The summed E-state index contributed by atoms with van der Waals surface area (Å²) in [5.41, 5.74) is 0. The highest BCUT2D eigenvalue weighted by molar-refractivity contribution is 5.78. The minimum Gasteiger partial charge on any atom is -0.382 e. The fraction of sp³-hybridized carbons (Fsp3) is 0.696. The lowest BCUT2D eigenvalue weighted by Crippen LogP contribution is -2.49. The van der Waals surface area contributed by atoms with Crippen molar-refractivity contribution in [3.63, 3.8) is 0 Å². The maximum absolute atomic E-state index is 12.6. The molecule has 172 valence electrons. The Morgan fingerprint density at radius 1 is 1.13 bits per heavy atom. The number of aromatic nitrogens is 1. The summed E-state index contributed by atoms with van der Waals surface area (Å²) in [6, 6.07) is 5.93. The van der Waals surface area contributed by atoms with Gasteiger partial charge < -0.3 is 24.8 Å². The van der Waals surface area contributed by atoms with E-state index in [0.29, 0.717) is 19.6 Å². The number of piperazine rings is 1. The molecule has 2 aliphatic rings. The van der Waals surface area contributed by atoms with E-state index in [1.54, 1.807) is 0 Å². The molecule has 8 heteroatoms. The molecule has 0 spiro atoms. The van der Waals surface area contributed by atoms with Gasteiger partial charge in [0.15, 0.2) is 0 Å². The molecule has 1 aromatic rings. The number of carbonyl (C=O) groups is 2. The van der Waals surface area contributed by atoms with Gasteiger partial charge in [-0.25, -0.2) is 4.98 Å². The van der Waals surface area contributed by atoms with E-state index in [2.05, 4.69) is 20.1 Å². The van der Waals surface area contributed by atoms with E-state index in [4.69, 9.17) is 4.74 Å². The molecular weight excluding hydrogens is 394 g/mol. The number of piperidine rings is 1. The molecule has 0 radical (unpaired) electrons. The third-order valence-electron chi connectivity index (χ3n) is 6.17. The lowest BCUT2D eigenvalue weighted by molar-refractivity contribution is -0.132. The molecule has 31 heavy (non-hydrogen) atoms. The zero-order chi connectivity index (χ0) is 21.9. The van der Waals surface area contributed by atoms with Gasteiger partial charge in [0.1, 0.15) is 5.82 Å². The topological polar surface area (TPSA) is 78.0 Å². The zero-order valence-corrected chi connectivity index (χ0v) is 18.8. The number of amides is 2. The monoisotopic (exact) mass is 431 g/mol. The van der Waals surface area contributed by atoms with E-state index in [1.807, 2.05) is 36.2 Å². The Bertz CT molecular complexity index is 671. The van der Waals surface area contributed by atoms with E-state index in [0.717, 1.165) is 77.5 Å². The number of nitrogens with one attached hydrogen (secondary N) is 1. The number of hydrogen-bond acceptors (Lipinski definition) is 6. The summed E-state index contributed by atoms with van der Waals surface area (Å²) in [7, 11) is 0. The molecule has 3 heterocycles. The Hall–Kier alpha value is -2.19. The summed E-state index contributed by atoms with van der Waals surface area (Å²) in [5, 5.41) is 3.03. The Kier molecular flexibility index (Phi) is 9.55. The first-order valence-corrected chi connectivity index (χ1v) is 11.7. The molecule has 0 atom stereocenters. The minimum atomic E-state index is 0.0960. The van der Waals surface area contributed by atoms with Crippen LogP contribution in [0, 0.1) is 5.92 Å². The molecule has 0 aliphatic carbocycles. The SMILES string of the molecule is CCOCCCNC(=O)C1CCN(CCC(=O)N2CCN(c3ccccn3)CC2)CC1. The Labute approximate surface area is 185 Å². The van der Waals surface area contributed by atoms with Gasteiger partial charge in [0.25, 0.3) is 0 Å². The van der Waals surface area contributed by atoms with Crippen LogP contribution in [0.1, 0.15) is 32.6 Å². The van der Waals surface area contributed by atoms with Gasteiger partial charge >= 0.3 is 0 Å². The molecule has 1 aromatic heterocycles. The van der Waals surface area contributed by atoms with Gasteiger partial charge in [-0.1, -0.05) is 6.07 Å². The van der Waals surface area contributed by atoms with Gasteiger partial charge in [-0.2, -0.15) is 0 Å². The number of anilines is 1. The lowest BCUT2D eigenvalue weighted by Gasteiger charge is -2.36. The molecule has 0 unspecified atom stereocenters. The lowest BCUT2D eigenvalue weighted by atomic mass is 9.95. The molecule has 0 bridgehead atoms. The predicted octanol–water partition coefficient (Wildman–Crippen LogP) is 1.38. The van der Waals surface area contributed by atoms with E-state index >= 15 is 0 Å². The Morgan fingerprint density at radius 2 is 1.90 bits per heavy atom. The largest absolute Gasteiger partial charge is 0.382 e. The van der Waals surface area contributed by atoms with Crippen LogP contribution in [0.15, 0.2) is 24.4 Å². The first kappa shape index (κ1) is 23.5. The third kappa shape index (κ3) is 7.47. The summed E-state index contributed by atoms with van der Waals surface area (Å²) in [4.78, 5) is 35.9. The smallest absolute Gasteiger partial charge is 0.223 e. The van der Waals surface area contributed by atoms with Crippen molar-refractivity contribution in [2.75, 3.05) is 70.5 Å². The maximum atomic E-state index is 12.6. The maximum Gasteiger partial charge on any atom is 0.223 e. The predicted molar refractivity (Wildman–Crippen MR) is 121 cm³/mol. The van der Waals surface area contributed by atoms with Crippen LogP contribution in [-0.2, 0) is 14.3 Å². The van der Waals surface area contributed by atoms with Crippen LogP contribution < -0.4 is 10.2 Å². The first-order valence-electron chi connectivity index (χ1n) is 11.7. The van der Waals surface area contributed by atoms with Gasteiger partial charge in [-0.05, 0) is 51.4 Å². The van der Waals surface area contributed by atoms with Crippen molar-refractivity contribution in [1.29, 1.82) is 0 Å². The number of likely N-dealkylation sites (tertiary alicyclic amines) is 1. The van der Waals surface area contributed by atoms with E-state index in [-0.39, 0.29) is 17.7 Å². The van der Waals surface area contributed by atoms with Crippen LogP contribution >= 0.6 is 0 Å². The second kappa shape index (κ2) is 12.6. The first-order chi connectivity index (χ1) is 15.2. The summed E-state index contributed by atoms with van der Waals surface area (Å²) in [5.74, 6) is 1.47. The molecule has 2 saturated heterocycles. The number of ether oxygens (including phenoxy) is 1. The molecule has 8 nitrogen and oxygen atoms in total. The molecule has 0 aromatic carbocycles. The van der Waals surface area contributed by atoms with Gasteiger partial charge in [-0.15, -0.1) is 0 Å². The van der Waals surface area contributed by atoms with Crippen molar-refractivity contribution in [3.05, 3.63) is 24.4 Å². The molecule has 2 aliphatic heterocycles. The Balaban J connectivity index is 1.28. The molecule has 2 fully saturated rings. The van der Waals surface area contributed by atoms with Crippen LogP contribution in [0.25, 0.3) is 0 Å². The van der Waals surface area contributed by atoms with Gasteiger partial charge in [-0.3, -0.25) is 9.59 Å². The van der Waals surface area contributed by atoms with Crippen LogP contribution in [-0.4, -0.2) is 92.2 Å². The van der Waals surface area contributed by atoms with Crippen LogP contribution in [0.5, 0.6) is 0 Å². The van der Waals surface area contributed by atoms with Crippen molar-refractivity contribution >= 4 is 17.6 Å². The normalized spacial score (nSPS) is 18.2. The highest BCUT2D eigenvalue weighted by Crippen LogP contribution is 2.18. The highest BCUT2D eigenvalue weighted by Gasteiger charge is 2.26. The van der Waals surface area contributed by atoms with Gasteiger partial charge in [0, 0.05) is 71.0 Å². The number of carbonyl (C=O) groups excluding carboxylic acids is 2. The summed E-state index contributed by atoms with van der Waals surface area (Å²) in [6.07, 6.45) is 4.96. The zero-order valence-electron chi connectivity index (χ0n) is 18.8. The Morgan fingerprint density at radius 3 is 2.58 bits per heavy atom. The standard InChI is InChI=1S/C23H37N5O3/c1-2-31-19-5-11-25-23(30)20-7-12-26(13-8-20)14-9-22(29)28-17-15-27(16-18-28)21-6-3-4-10-24-21/h3-4,6,10,20H,2,5,7-9,11-19H2,1H3,(H,25,30). The number of rotatable bonds is 10. The molecular formula is C23H37N5O3. The van der Waals surface area contributed by atoms with Crippen molar-refractivity contribution in [3.8, 4) is 0 Å².